The van der Waals surface area contributed by atoms with Crippen LogP contribution in [0.3, 0.4) is 0 Å². The smallest absolute Gasteiger partial charge is 0.417 e. The lowest BCUT2D eigenvalue weighted by Gasteiger charge is -2.26. The average Bonchev–Trinajstić information content (AvgIpc) is 2.83. The first kappa shape index (κ1) is 12.9. The molecule has 2 fully saturated rings. The summed E-state index contributed by atoms with van der Waals surface area (Å²) in [6.07, 6.45) is 0.0397. The van der Waals surface area contributed by atoms with Gasteiger partial charge in [-0.2, -0.15) is 0 Å². The molecule has 2 aliphatic rings. The number of cyclic esters (lactones) is 1. The molecule has 6 nitrogen and oxygen atoms in total. The maximum absolute atomic E-state index is 12.1. The van der Waals surface area contributed by atoms with E-state index in [4.69, 9.17) is 0 Å². The number of hydrogen-bond acceptors (Lipinski definition) is 4. The molecule has 0 saturated carbocycles. The van der Waals surface area contributed by atoms with Gasteiger partial charge in [0.15, 0.2) is 6.61 Å². The molecule has 0 N–H and O–H groups in total. The molecule has 0 aromatic heterocycles. The molecule has 2 heterocycles. The fourth-order valence-corrected chi connectivity index (χ4v) is 2.33. The monoisotopic (exact) mass is 254 g/mol. The molecular weight excluding hydrogens is 236 g/mol. The minimum atomic E-state index is -0.588. The van der Waals surface area contributed by atoms with Crippen LogP contribution in [0.25, 0.3) is 0 Å². The summed E-state index contributed by atoms with van der Waals surface area (Å²) in [6.45, 7) is 6.39. The minimum absolute atomic E-state index is 0.0463. The van der Waals surface area contributed by atoms with Gasteiger partial charge in [0.1, 0.15) is 0 Å². The first-order valence-electron chi connectivity index (χ1n) is 6.09. The Labute approximate surface area is 106 Å². The summed E-state index contributed by atoms with van der Waals surface area (Å²) in [5.74, 6) is -0.264. The Morgan fingerprint density at radius 1 is 1.33 bits per heavy atom. The molecule has 100 valence electrons. The molecule has 6 heteroatoms. The van der Waals surface area contributed by atoms with Crippen LogP contribution in [0.5, 0.6) is 0 Å². The van der Waals surface area contributed by atoms with Gasteiger partial charge in [-0.15, -0.1) is 0 Å². The number of likely N-dealkylation sites (tertiary alicyclic amines) is 1. The van der Waals surface area contributed by atoms with Crippen molar-refractivity contribution in [3.05, 3.63) is 0 Å². The molecule has 2 aliphatic heterocycles. The first-order chi connectivity index (χ1) is 8.30. The molecule has 0 bridgehead atoms. The second kappa shape index (κ2) is 4.26. The maximum Gasteiger partial charge on any atom is 0.417 e. The van der Waals surface area contributed by atoms with Gasteiger partial charge >= 0.3 is 6.09 Å². The predicted molar refractivity (Wildman–Crippen MR) is 62.6 cm³/mol. The van der Waals surface area contributed by atoms with Crippen LogP contribution in [0, 0.1) is 5.41 Å². The molecule has 0 aromatic rings. The maximum atomic E-state index is 12.1. The van der Waals surface area contributed by atoms with Crippen molar-refractivity contribution in [1.82, 2.24) is 9.80 Å². The van der Waals surface area contributed by atoms with E-state index in [0.29, 0.717) is 19.5 Å². The van der Waals surface area contributed by atoms with E-state index < -0.39 is 11.5 Å². The Hall–Kier alpha value is -1.59. The van der Waals surface area contributed by atoms with Crippen molar-refractivity contribution in [3.8, 4) is 0 Å². The quantitative estimate of drug-likeness (QED) is 0.687. The number of rotatable bonds is 1. The van der Waals surface area contributed by atoms with E-state index in [1.54, 1.807) is 4.90 Å². The highest BCUT2D eigenvalue weighted by molar-refractivity contribution is 5.98. The van der Waals surface area contributed by atoms with E-state index in [9.17, 15) is 14.4 Å². The SMILES string of the molecule is CC(C)(C)C(=O)N1CC[C@@H](N2C(=O)COC2=O)C1. The first-order valence-corrected chi connectivity index (χ1v) is 6.09. The summed E-state index contributed by atoms with van der Waals surface area (Å²) in [6, 6.07) is -0.237. The van der Waals surface area contributed by atoms with Gasteiger partial charge in [-0.25, -0.2) is 9.69 Å². The standard InChI is InChI=1S/C12H18N2O4/c1-12(2,3)10(16)13-5-4-8(6-13)14-9(15)7-18-11(14)17/h8H,4-7H2,1-3H3/t8-/m1/s1. The van der Waals surface area contributed by atoms with E-state index in [0.717, 1.165) is 4.90 Å². The second-order valence-electron chi connectivity index (χ2n) is 5.76. The number of imide groups is 1. The lowest BCUT2D eigenvalue weighted by Crippen LogP contribution is -2.43. The van der Waals surface area contributed by atoms with Gasteiger partial charge in [-0.05, 0) is 6.42 Å². The Morgan fingerprint density at radius 2 is 2.00 bits per heavy atom. The number of hydrogen-bond donors (Lipinski definition) is 0. The summed E-state index contributed by atoms with van der Waals surface area (Å²) in [7, 11) is 0. The summed E-state index contributed by atoms with van der Waals surface area (Å²) in [4.78, 5) is 37.9. The molecule has 18 heavy (non-hydrogen) atoms. The largest absolute Gasteiger partial charge is 0.439 e. The lowest BCUT2D eigenvalue weighted by molar-refractivity contribution is -0.139. The van der Waals surface area contributed by atoms with Gasteiger partial charge < -0.3 is 9.64 Å². The summed E-state index contributed by atoms with van der Waals surface area (Å²) >= 11 is 0. The molecule has 0 spiro atoms. The lowest BCUT2D eigenvalue weighted by atomic mass is 9.95. The van der Waals surface area contributed by atoms with Crippen LogP contribution in [-0.4, -0.2) is 53.4 Å². The predicted octanol–water partition coefficient (Wildman–Crippen LogP) is 0.612. The molecule has 2 rings (SSSR count). The van der Waals surface area contributed by atoms with Crippen molar-refractivity contribution in [2.45, 2.75) is 33.2 Å². The van der Waals surface area contributed by atoms with Crippen molar-refractivity contribution < 1.29 is 19.1 Å². The van der Waals surface area contributed by atoms with Gasteiger partial charge in [0.2, 0.25) is 5.91 Å². The van der Waals surface area contributed by atoms with E-state index in [1.165, 1.54) is 0 Å². The second-order valence-corrected chi connectivity index (χ2v) is 5.76. The van der Waals surface area contributed by atoms with Crippen LogP contribution >= 0.6 is 0 Å². The fraction of sp³-hybridized carbons (Fsp3) is 0.750. The summed E-state index contributed by atoms with van der Waals surface area (Å²) < 4.78 is 4.69. The Bertz CT molecular complexity index is 383. The van der Waals surface area contributed by atoms with Crippen molar-refractivity contribution in [2.75, 3.05) is 19.7 Å². The molecule has 3 amide bonds. The van der Waals surface area contributed by atoms with E-state index in [-0.39, 0.29) is 24.5 Å². The zero-order valence-electron chi connectivity index (χ0n) is 10.9. The van der Waals surface area contributed by atoms with E-state index >= 15 is 0 Å². The van der Waals surface area contributed by atoms with Crippen LogP contribution in [0.15, 0.2) is 0 Å². The van der Waals surface area contributed by atoms with Crippen LogP contribution in [0.1, 0.15) is 27.2 Å². The third-order valence-corrected chi connectivity index (χ3v) is 3.24. The number of nitrogens with zero attached hydrogens (tertiary/aromatic N) is 2. The number of amides is 3. The third-order valence-electron chi connectivity index (χ3n) is 3.24. The Balaban J connectivity index is 2.03. The van der Waals surface area contributed by atoms with Crippen molar-refractivity contribution in [2.24, 2.45) is 5.41 Å². The molecule has 0 radical (unpaired) electrons. The van der Waals surface area contributed by atoms with Crippen LogP contribution < -0.4 is 0 Å². The average molecular weight is 254 g/mol. The van der Waals surface area contributed by atoms with Crippen molar-refractivity contribution >= 4 is 17.9 Å². The molecule has 0 unspecified atom stereocenters. The molecule has 1 atom stereocenters. The van der Waals surface area contributed by atoms with Gasteiger partial charge in [-0.1, -0.05) is 20.8 Å². The normalized spacial score (nSPS) is 24.7. The van der Waals surface area contributed by atoms with Crippen LogP contribution in [0.4, 0.5) is 4.79 Å². The van der Waals surface area contributed by atoms with Crippen molar-refractivity contribution in [1.29, 1.82) is 0 Å². The fourth-order valence-electron chi connectivity index (χ4n) is 2.33. The topological polar surface area (TPSA) is 66.9 Å². The van der Waals surface area contributed by atoms with Gasteiger partial charge in [0, 0.05) is 18.5 Å². The van der Waals surface area contributed by atoms with E-state index in [2.05, 4.69) is 4.74 Å². The molecule has 0 aliphatic carbocycles. The van der Waals surface area contributed by atoms with E-state index in [1.807, 2.05) is 20.8 Å². The highest BCUT2D eigenvalue weighted by Crippen LogP contribution is 2.25. The summed E-state index contributed by atoms with van der Waals surface area (Å²) in [5.41, 5.74) is -0.440. The molecule has 2 saturated heterocycles. The van der Waals surface area contributed by atoms with Crippen LogP contribution in [0.2, 0.25) is 0 Å². The number of ether oxygens (including phenoxy) is 1. The Kier molecular flexibility index (Phi) is 3.04. The van der Waals surface area contributed by atoms with Gasteiger partial charge in [0.25, 0.3) is 5.91 Å². The number of carbonyl (C=O) groups excluding carboxylic acids is 3. The number of carbonyl (C=O) groups is 3. The molecule has 0 aromatic carbocycles. The van der Waals surface area contributed by atoms with Crippen molar-refractivity contribution in [3.63, 3.8) is 0 Å². The highest BCUT2D eigenvalue weighted by Gasteiger charge is 2.42. The zero-order valence-corrected chi connectivity index (χ0v) is 10.9. The highest BCUT2D eigenvalue weighted by atomic mass is 16.6. The third kappa shape index (κ3) is 2.19. The summed E-state index contributed by atoms with van der Waals surface area (Å²) in [5, 5.41) is 0. The Morgan fingerprint density at radius 3 is 2.50 bits per heavy atom. The molecular formula is C12H18N2O4. The van der Waals surface area contributed by atoms with Gasteiger partial charge in [-0.3, -0.25) is 9.59 Å². The minimum Gasteiger partial charge on any atom is -0.439 e. The van der Waals surface area contributed by atoms with Crippen LogP contribution in [-0.2, 0) is 14.3 Å². The zero-order chi connectivity index (χ0) is 13.5. The van der Waals surface area contributed by atoms with Gasteiger partial charge in [0.05, 0.1) is 6.04 Å².